The maximum Gasteiger partial charge on any atom is 0.349 e. The van der Waals surface area contributed by atoms with Gasteiger partial charge in [0.25, 0.3) is 5.91 Å². The molecule has 234 valence electrons. The van der Waals surface area contributed by atoms with Crippen molar-refractivity contribution in [1.29, 1.82) is 0 Å². The van der Waals surface area contributed by atoms with Gasteiger partial charge in [0, 0.05) is 48.4 Å². The number of carboxylic acids is 1. The number of benzene rings is 2. The Bertz CT molecular complexity index is 2010. The van der Waals surface area contributed by atoms with Crippen molar-refractivity contribution in [1.82, 2.24) is 15.6 Å². The molecule has 0 fully saturated rings. The van der Waals surface area contributed by atoms with E-state index >= 15 is 0 Å². The molecule has 2 heterocycles. The molecule has 1 aliphatic rings. The van der Waals surface area contributed by atoms with Crippen LogP contribution in [0.25, 0.3) is 33.5 Å². The van der Waals surface area contributed by atoms with Crippen LogP contribution in [0.15, 0.2) is 116 Å². The molecule has 11 heteroatoms. The number of carboxylic acid groups (broad SMARTS) is 1. The number of rotatable bonds is 11. The average Bonchev–Trinajstić information content (AvgIpc) is 3.45. The van der Waals surface area contributed by atoms with Crippen molar-refractivity contribution in [2.24, 2.45) is 0 Å². The first kappa shape index (κ1) is 31.5. The topological polar surface area (TPSA) is 155 Å². The van der Waals surface area contributed by atoms with Gasteiger partial charge in [-0.05, 0) is 61.9 Å². The minimum atomic E-state index is -1.40. The van der Waals surface area contributed by atoms with E-state index in [1.807, 2.05) is 74.6 Å². The molecule has 11 nitrogen and oxygen atoms in total. The molecule has 46 heavy (non-hydrogen) atoms. The van der Waals surface area contributed by atoms with Crippen LogP contribution < -0.4 is 21.2 Å². The van der Waals surface area contributed by atoms with E-state index in [1.165, 1.54) is 24.3 Å². The third-order valence-electron chi connectivity index (χ3n) is 7.26. The van der Waals surface area contributed by atoms with Crippen LogP contribution in [0.5, 0.6) is 0 Å². The van der Waals surface area contributed by atoms with E-state index in [9.17, 15) is 24.3 Å². The normalized spacial score (nSPS) is 16.6. The summed E-state index contributed by atoms with van der Waals surface area (Å²) in [6.45, 7) is 5.38. The molecule has 0 saturated carbocycles. The number of aromatic nitrogens is 1. The minimum Gasteiger partial charge on any atom is -0.480 e. The highest BCUT2D eigenvalue weighted by Gasteiger charge is 2.22. The Morgan fingerprint density at radius 2 is 1.74 bits per heavy atom. The Balaban J connectivity index is 1.28. The molecule has 5 rings (SSSR count). The average molecular weight is 621 g/mol. The highest BCUT2D eigenvalue weighted by atomic mass is 16.4. The molecule has 2 aromatic heterocycles. The van der Waals surface area contributed by atoms with Crippen LogP contribution in [0, 0.1) is 0 Å². The maximum atomic E-state index is 13.0. The predicted octanol–water partition coefficient (Wildman–Crippen LogP) is 4.91. The zero-order valence-corrected chi connectivity index (χ0v) is 25.2. The summed E-state index contributed by atoms with van der Waals surface area (Å²) in [4.78, 5) is 56.6. The number of hydrogen-bond acceptors (Lipinski definition) is 8. The highest BCUT2D eigenvalue weighted by molar-refractivity contribution is 5.99. The standard InChI is InChI=1S/C35H32N4O7/c1-3-39(4-2)25-15-13-23-18-26(35(44)46-30(23)20-25)33-38-27-19-24(14-16-29(27)45-33)32(41)37-28(34(42)43)21-36-31(40)17-12-22-10-8-6-5-7-9-11-22/h5-20,28H,3-4,21H2,1-2H3,(H,36,40)(H,37,41)(H,42,43)/b6-5+,7-5?,8-6?,9-7-,10-8+,11-9?,17-12+,22-10?,22-11+. The summed E-state index contributed by atoms with van der Waals surface area (Å²) < 4.78 is 11.4. The second kappa shape index (κ2) is 14.2. The van der Waals surface area contributed by atoms with Gasteiger partial charge in [0.15, 0.2) is 5.58 Å². The number of carbonyl (C=O) groups is 3. The number of nitrogens with zero attached hydrogens (tertiary/aromatic N) is 2. The van der Waals surface area contributed by atoms with Crippen molar-refractivity contribution in [2.45, 2.75) is 19.9 Å². The van der Waals surface area contributed by atoms with Gasteiger partial charge in [-0.2, -0.15) is 0 Å². The molecule has 2 amide bonds. The minimum absolute atomic E-state index is 0.0216. The van der Waals surface area contributed by atoms with Crippen molar-refractivity contribution in [3.8, 4) is 11.5 Å². The Morgan fingerprint density at radius 1 is 0.957 bits per heavy atom. The van der Waals surface area contributed by atoms with Gasteiger partial charge >= 0.3 is 11.6 Å². The molecule has 3 N–H and O–H groups in total. The maximum absolute atomic E-state index is 13.0. The molecule has 2 aromatic carbocycles. The molecule has 0 saturated heterocycles. The molecule has 1 aliphatic carbocycles. The van der Waals surface area contributed by atoms with Gasteiger partial charge in [-0.3, -0.25) is 9.59 Å². The molecule has 0 bridgehead atoms. The summed E-state index contributed by atoms with van der Waals surface area (Å²) in [6, 6.07) is 10.3. The lowest BCUT2D eigenvalue weighted by Gasteiger charge is -2.20. The van der Waals surface area contributed by atoms with Crippen molar-refractivity contribution in [3.63, 3.8) is 0 Å². The van der Waals surface area contributed by atoms with Crippen molar-refractivity contribution in [2.75, 3.05) is 24.5 Å². The number of amides is 2. The molecule has 4 aromatic rings. The Labute approximate surface area is 263 Å². The number of fused-ring (bicyclic) bond motifs is 2. The van der Waals surface area contributed by atoms with Gasteiger partial charge in [0.2, 0.25) is 11.8 Å². The van der Waals surface area contributed by atoms with E-state index in [-0.39, 0.29) is 29.1 Å². The monoisotopic (exact) mass is 620 g/mol. The summed E-state index contributed by atoms with van der Waals surface area (Å²) in [7, 11) is 0. The van der Waals surface area contributed by atoms with E-state index in [0.29, 0.717) is 16.6 Å². The van der Waals surface area contributed by atoms with Gasteiger partial charge in [-0.1, -0.05) is 42.5 Å². The number of allylic oxidation sites excluding steroid dienone is 9. The first-order valence-corrected chi connectivity index (χ1v) is 14.7. The number of oxazole rings is 1. The quantitative estimate of drug-likeness (QED) is 0.157. The largest absolute Gasteiger partial charge is 0.480 e. The lowest BCUT2D eigenvalue weighted by molar-refractivity contribution is -0.139. The van der Waals surface area contributed by atoms with Crippen LogP contribution in [-0.4, -0.2) is 53.6 Å². The van der Waals surface area contributed by atoms with Gasteiger partial charge < -0.3 is 29.5 Å². The number of hydrogen-bond donors (Lipinski definition) is 3. The van der Waals surface area contributed by atoms with E-state index in [4.69, 9.17) is 8.83 Å². The summed E-state index contributed by atoms with van der Waals surface area (Å²) in [5, 5.41) is 15.3. The second-order valence-electron chi connectivity index (χ2n) is 10.3. The lowest BCUT2D eigenvalue weighted by Crippen LogP contribution is -2.48. The van der Waals surface area contributed by atoms with E-state index < -0.39 is 29.5 Å². The molecule has 0 aliphatic heterocycles. The zero-order valence-electron chi connectivity index (χ0n) is 25.2. The predicted molar refractivity (Wildman–Crippen MR) is 176 cm³/mol. The van der Waals surface area contributed by atoms with Crippen LogP contribution in [0.3, 0.4) is 0 Å². The van der Waals surface area contributed by atoms with Gasteiger partial charge in [0.1, 0.15) is 22.7 Å². The van der Waals surface area contributed by atoms with Gasteiger partial charge in [-0.25, -0.2) is 14.6 Å². The second-order valence-corrected chi connectivity index (χ2v) is 10.3. The van der Waals surface area contributed by atoms with Crippen LogP contribution in [-0.2, 0) is 9.59 Å². The highest BCUT2D eigenvalue weighted by Crippen LogP contribution is 2.27. The lowest BCUT2D eigenvalue weighted by atomic mass is 10.1. The fraction of sp³-hybridized carbons (Fsp3) is 0.171. The van der Waals surface area contributed by atoms with Crippen molar-refractivity contribution in [3.05, 3.63) is 119 Å². The Kier molecular flexibility index (Phi) is 9.72. The number of nitrogens with one attached hydrogen (secondary N) is 2. The molecule has 1 atom stereocenters. The summed E-state index contributed by atoms with van der Waals surface area (Å²) >= 11 is 0. The fourth-order valence-electron chi connectivity index (χ4n) is 4.79. The summed E-state index contributed by atoms with van der Waals surface area (Å²) in [5.41, 5.74) is 2.37. The number of aliphatic carboxylic acids is 1. The molecular weight excluding hydrogens is 588 g/mol. The summed E-state index contributed by atoms with van der Waals surface area (Å²) in [6.07, 6.45) is 15.7. The van der Waals surface area contributed by atoms with Crippen LogP contribution in [0.2, 0.25) is 0 Å². The fourth-order valence-corrected chi connectivity index (χ4v) is 4.79. The SMILES string of the molecule is CCN(CC)c1ccc2cc(-c3nc4cc(C(=O)NC(CNC(=O)/C=C/C5=C/C=C\C=C\C=C\5)C(=O)O)ccc4o3)c(=O)oc2c1. The third kappa shape index (κ3) is 7.39. The van der Waals surface area contributed by atoms with Crippen LogP contribution >= 0.6 is 0 Å². The number of anilines is 1. The molecule has 0 radical (unpaired) electrons. The van der Waals surface area contributed by atoms with Crippen LogP contribution in [0.1, 0.15) is 24.2 Å². The first-order valence-electron chi connectivity index (χ1n) is 14.7. The van der Waals surface area contributed by atoms with Gasteiger partial charge in [-0.15, -0.1) is 0 Å². The van der Waals surface area contributed by atoms with Crippen molar-refractivity contribution >= 4 is 45.5 Å². The van der Waals surface area contributed by atoms with Crippen molar-refractivity contribution < 1.29 is 28.3 Å². The van der Waals surface area contributed by atoms with E-state index in [2.05, 4.69) is 20.5 Å². The van der Waals surface area contributed by atoms with E-state index in [1.54, 1.807) is 12.1 Å². The Morgan fingerprint density at radius 3 is 2.52 bits per heavy atom. The van der Waals surface area contributed by atoms with Crippen LogP contribution in [0.4, 0.5) is 5.69 Å². The van der Waals surface area contributed by atoms with Gasteiger partial charge in [0.05, 0.1) is 0 Å². The smallest absolute Gasteiger partial charge is 0.349 e. The Hall–Kier alpha value is -5.97. The zero-order chi connectivity index (χ0) is 32.6. The summed E-state index contributed by atoms with van der Waals surface area (Å²) in [5.74, 6) is -2.51. The molecular formula is C35H32N4O7. The van der Waals surface area contributed by atoms with E-state index in [0.717, 1.165) is 24.4 Å². The third-order valence-corrected chi connectivity index (χ3v) is 7.26. The molecule has 0 spiro atoms. The first-order chi connectivity index (χ1) is 22.2. The number of carbonyl (C=O) groups excluding carboxylic acids is 2. The molecule has 1 unspecified atom stereocenters.